The van der Waals surface area contributed by atoms with Crippen LogP contribution in [-0.2, 0) is 9.53 Å². The van der Waals surface area contributed by atoms with Crippen molar-refractivity contribution in [3.8, 4) is 17.2 Å². The lowest BCUT2D eigenvalue weighted by molar-refractivity contribution is -0.139. The van der Waals surface area contributed by atoms with Gasteiger partial charge in [-0.25, -0.2) is 9.79 Å². The van der Waals surface area contributed by atoms with Gasteiger partial charge in [0.25, 0.3) is 5.56 Å². The second-order valence-electron chi connectivity index (χ2n) is 8.90. The number of carbonyl (C=O) groups is 1. The first kappa shape index (κ1) is 28.9. The first-order valence-electron chi connectivity index (χ1n) is 12.2. The molecule has 1 aliphatic rings. The Morgan fingerprint density at radius 2 is 1.92 bits per heavy atom. The van der Waals surface area contributed by atoms with Gasteiger partial charge in [-0.05, 0) is 85.1 Å². The summed E-state index contributed by atoms with van der Waals surface area (Å²) in [5.41, 5.74) is 1.84. The van der Waals surface area contributed by atoms with Crippen molar-refractivity contribution in [1.82, 2.24) is 4.57 Å². The number of halogens is 2. The number of methoxy groups -OCH3 is 2. The number of benzene rings is 2. The topological polar surface area (TPSA) is 88.4 Å². The number of esters is 1. The SMILES string of the molecule is CCOC(=O)C1=C(C)N=c2s/c(=C\c3cc(Cl)c(OC(C)C)c(OC)c3)c(=O)n2[C@H]1c1ccc(OC)c(Br)c1. The van der Waals surface area contributed by atoms with Crippen molar-refractivity contribution in [1.29, 1.82) is 0 Å². The van der Waals surface area contributed by atoms with Gasteiger partial charge >= 0.3 is 5.97 Å². The number of hydrogen-bond acceptors (Lipinski definition) is 8. The quantitative estimate of drug-likeness (QED) is 0.323. The third kappa shape index (κ3) is 5.78. The van der Waals surface area contributed by atoms with Crippen LogP contribution in [0.2, 0.25) is 5.02 Å². The highest BCUT2D eigenvalue weighted by Crippen LogP contribution is 2.38. The molecule has 0 fully saturated rings. The molecule has 2 heterocycles. The van der Waals surface area contributed by atoms with E-state index in [1.54, 1.807) is 45.2 Å². The molecule has 0 saturated carbocycles. The number of aromatic nitrogens is 1. The molecule has 1 aliphatic heterocycles. The van der Waals surface area contributed by atoms with E-state index in [1.165, 1.54) is 23.0 Å². The molecule has 3 aromatic rings. The molecule has 39 heavy (non-hydrogen) atoms. The lowest BCUT2D eigenvalue weighted by Gasteiger charge is -2.25. The molecule has 0 aliphatic carbocycles. The number of nitrogens with zero attached hydrogens (tertiary/aromatic N) is 2. The number of ether oxygens (including phenoxy) is 4. The van der Waals surface area contributed by atoms with Crippen LogP contribution in [0.1, 0.15) is 44.9 Å². The monoisotopic (exact) mass is 634 g/mol. The molecule has 0 N–H and O–H groups in total. The summed E-state index contributed by atoms with van der Waals surface area (Å²) in [5.74, 6) is 0.992. The third-order valence-electron chi connectivity index (χ3n) is 5.91. The zero-order valence-corrected chi connectivity index (χ0v) is 25.5. The lowest BCUT2D eigenvalue weighted by atomic mass is 9.96. The predicted molar refractivity (Wildman–Crippen MR) is 155 cm³/mol. The van der Waals surface area contributed by atoms with E-state index in [2.05, 4.69) is 20.9 Å². The molecular weight excluding hydrogens is 608 g/mol. The molecule has 206 valence electrons. The second kappa shape index (κ2) is 12.0. The number of allylic oxidation sites excluding steroid dienone is 1. The molecule has 1 aromatic heterocycles. The maximum Gasteiger partial charge on any atom is 0.338 e. The fraction of sp³-hybridized carbons (Fsp3) is 0.321. The number of rotatable bonds is 8. The summed E-state index contributed by atoms with van der Waals surface area (Å²) in [7, 11) is 3.10. The minimum Gasteiger partial charge on any atom is -0.496 e. The van der Waals surface area contributed by atoms with Crippen LogP contribution in [0, 0.1) is 0 Å². The van der Waals surface area contributed by atoms with Gasteiger partial charge in [-0.2, -0.15) is 0 Å². The van der Waals surface area contributed by atoms with Crippen LogP contribution in [0.15, 0.2) is 55.9 Å². The molecule has 8 nitrogen and oxygen atoms in total. The Bertz CT molecular complexity index is 1640. The molecule has 4 rings (SSSR count). The van der Waals surface area contributed by atoms with Crippen LogP contribution >= 0.6 is 38.9 Å². The van der Waals surface area contributed by atoms with Crippen molar-refractivity contribution in [2.45, 2.75) is 39.8 Å². The summed E-state index contributed by atoms with van der Waals surface area (Å²) in [5, 5.41) is 0.364. The van der Waals surface area contributed by atoms with Gasteiger partial charge in [-0.1, -0.05) is 29.0 Å². The van der Waals surface area contributed by atoms with Crippen molar-refractivity contribution < 1.29 is 23.7 Å². The Hall–Kier alpha value is -3.08. The van der Waals surface area contributed by atoms with Crippen molar-refractivity contribution in [3.05, 3.63) is 81.9 Å². The maximum atomic E-state index is 13.9. The Morgan fingerprint density at radius 3 is 2.54 bits per heavy atom. The molecule has 0 amide bonds. The van der Waals surface area contributed by atoms with Crippen molar-refractivity contribution in [3.63, 3.8) is 0 Å². The van der Waals surface area contributed by atoms with E-state index < -0.39 is 12.0 Å². The van der Waals surface area contributed by atoms with Gasteiger partial charge in [0.05, 0.1) is 58.3 Å². The molecule has 2 aromatic carbocycles. The molecule has 0 radical (unpaired) electrons. The van der Waals surface area contributed by atoms with Crippen LogP contribution in [0.3, 0.4) is 0 Å². The van der Waals surface area contributed by atoms with Gasteiger partial charge in [0, 0.05) is 0 Å². The first-order chi connectivity index (χ1) is 18.6. The summed E-state index contributed by atoms with van der Waals surface area (Å²) in [4.78, 5) is 32.1. The van der Waals surface area contributed by atoms with E-state index in [1.807, 2.05) is 26.0 Å². The van der Waals surface area contributed by atoms with Gasteiger partial charge in [0.2, 0.25) is 0 Å². The number of fused-ring (bicyclic) bond motifs is 1. The Labute approximate surface area is 243 Å². The zero-order valence-electron chi connectivity index (χ0n) is 22.3. The summed E-state index contributed by atoms with van der Waals surface area (Å²) in [6.07, 6.45) is 1.63. The smallest absolute Gasteiger partial charge is 0.338 e. The fourth-order valence-corrected chi connectivity index (χ4v) is 6.15. The number of carbonyl (C=O) groups excluding carboxylic acids is 1. The van der Waals surface area contributed by atoms with Crippen LogP contribution < -0.4 is 29.1 Å². The molecule has 0 saturated heterocycles. The van der Waals surface area contributed by atoms with Gasteiger partial charge in [-0.3, -0.25) is 9.36 Å². The highest BCUT2D eigenvalue weighted by molar-refractivity contribution is 9.10. The fourth-order valence-electron chi connectivity index (χ4n) is 4.28. The highest BCUT2D eigenvalue weighted by atomic mass is 79.9. The minimum atomic E-state index is -0.746. The van der Waals surface area contributed by atoms with E-state index in [4.69, 9.17) is 30.5 Å². The van der Waals surface area contributed by atoms with Crippen LogP contribution in [0.25, 0.3) is 6.08 Å². The standard InChI is InChI=1S/C28H28BrClN2O6S/c1-7-37-27(34)23-15(4)31-28-32(24(23)17-8-9-20(35-5)18(29)13-17)26(33)22(39-28)12-16-10-19(30)25(38-14(2)3)21(11-16)36-6/h8-14,24H,7H2,1-6H3/b22-12-/t24-/m0/s1. The maximum absolute atomic E-state index is 13.9. The summed E-state index contributed by atoms with van der Waals surface area (Å²) >= 11 is 11.3. The van der Waals surface area contributed by atoms with Crippen LogP contribution in [0.5, 0.6) is 17.2 Å². The number of hydrogen-bond donors (Lipinski definition) is 0. The molecule has 0 spiro atoms. The third-order valence-corrected chi connectivity index (χ3v) is 7.80. The largest absolute Gasteiger partial charge is 0.496 e. The molecule has 11 heteroatoms. The molecule has 0 unspecified atom stereocenters. The van der Waals surface area contributed by atoms with Gasteiger partial charge in [-0.15, -0.1) is 0 Å². The predicted octanol–water partition coefficient (Wildman–Crippen LogP) is 5.02. The Morgan fingerprint density at radius 1 is 1.21 bits per heavy atom. The average Bonchev–Trinajstić information content (AvgIpc) is 3.18. The van der Waals surface area contributed by atoms with E-state index in [9.17, 15) is 9.59 Å². The van der Waals surface area contributed by atoms with Crippen LogP contribution in [-0.4, -0.2) is 37.5 Å². The minimum absolute atomic E-state index is 0.0965. The second-order valence-corrected chi connectivity index (χ2v) is 11.2. The summed E-state index contributed by atoms with van der Waals surface area (Å²) in [6, 6.07) is 8.16. The zero-order chi connectivity index (χ0) is 28.4. The van der Waals surface area contributed by atoms with Crippen molar-refractivity contribution in [2.24, 2.45) is 4.99 Å². The highest BCUT2D eigenvalue weighted by Gasteiger charge is 2.33. The summed E-state index contributed by atoms with van der Waals surface area (Å²) in [6.45, 7) is 7.47. The number of thiazole rings is 1. The molecular formula is C28H28BrClN2O6S. The normalized spacial score (nSPS) is 15.2. The first-order valence-corrected chi connectivity index (χ1v) is 14.2. The van der Waals surface area contributed by atoms with E-state index >= 15 is 0 Å². The van der Waals surface area contributed by atoms with Gasteiger partial charge < -0.3 is 18.9 Å². The van der Waals surface area contributed by atoms with Crippen LogP contribution in [0.4, 0.5) is 0 Å². The molecule has 0 bridgehead atoms. The van der Waals surface area contributed by atoms with Crippen molar-refractivity contribution >= 4 is 50.9 Å². The van der Waals surface area contributed by atoms with Gasteiger partial charge in [0.1, 0.15) is 5.75 Å². The lowest BCUT2D eigenvalue weighted by Crippen LogP contribution is -2.40. The molecule has 1 atom stereocenters. The Balaban J connectivity index is 1.93. The Kier molecular flexibility index (Phi) is 8.88. The average molecular weight is 636 g/mol. The van der Waals surface area contributed by atoms with E-state index in [0.29, 0.717) is 58.5 Å². The van der Waals surface area contributed by atoms with Crippen molar-refractivity contribution in [2.75, 3.05) is 20.8 Å². The van der Waals surface area contributed by atoms with Gasteiger partial charge in [0.15, 0.2) is 16.3 Å². The van der Waals surface area contributed by atoms with E-state index in [-0.39, 0.29) is 18.3 Å². The van der Waals surface area contributed by atoms with E-state index in [0.717, 1.165) is 0 Å². The summed E-state index contributed by atoms with van der Waals surface area (Å²) < 4.78 is 24.7.